The lowest BCUT2D eigenvalue weighted by molar-refractivity contribution is -0.384. The van der Waals surface area contributed by atoms with E-state index in [1.807, 2.05) is 0 Å². The summed E-state index contributed by atoms with van der Waals surface area (Å²) < 4.78 is 0.867. The first-order chi connectivity index (χ1) is 10.7. The van der Waals surface area contributed by atoms with Crippen LogP contribution in [0, 0.1) is 10.1 Å². The lowest BCUT2D eigenvalue weighted by Crippen LogP contribution is -1.92. The Kier molecular flexibility index (Phi) is 4.76. The molecule has 3 nitrogen and oxygen atoms in total. The Morgan fingerprint density at radius 1 is 0.652 bits per heavy atom. The summed E-state index contributed by atoms with van der Waals surface area (Å²) in [6.45, 7) is 0. The van der Waals surface area contributed by atoms with Crippen LogP contribution in [0.4, 0.5) is 5.69 Å². The van der Waals surface area contributed by atoms with Gasteiger partial charge in [0.25, 0.3) is 0 Å². The Balaban J connectivity index is 2.72. The SMILES string of the molecule is O=[N+]([O-])c1c(Cl)c(Cl)c2sc3c(Cl)c(Cl)c(Cl)c(Cl)c3c2c1Cl. The number of fused-ring (bicyclic) bond motifs is 3. The van der Waals surface area contributed by atoms with E-state index >= 15 is 0 Å². The van der Waals surface area contributed by atoms with Crippen molar-refractivity contribution in [1.82, 2.24) is 0 Å². The third-order valence-electron chi connectivity index (χ3n) is 3.12. The Morgan fingerprint density at radius 3 is 1.61 bits per heavy atom. The fourth-order valence-electron chi connectivity index (χ4n) is 2.14. The molecule has 0 unspecified atom stereocenters. The van der Waals surface area contributed by atoms with Crippen molar-refractivity contribution in [1.29, 1.82) is 0 Å². The second-order valence-electron chi connectivity index (χ2n) is 4.31. The van der Waals surface area contributed by atoms with Gasteiger partial charge < -0.3 is 0 Å². The van der Waals surface area contributed by atoms with Gasteiger partial charge in [0.05, 0.1) is 39.4 Å². The van der Waals surface area contributed by atoms with E-state index in [1.165, 1.54) is 0 Å². The molecule has 0 aliphatic heterocycles. The number of hydrogen-bond acceptors (Lipinski definition) is 3. The van der Waals surface area contributed by atoms with Gasteiger partial charge in [0.1, 0.15) is 10.0 Å². The van der Waals surface area contributed by atoms with Gasteiger partial charge in [-0.2, -0.15) is 0 Å². The smallest absolute Gasteiger partial charge is 0.258 e. The zero-order chi connectivity index (χ0) is 17.2. The molecule has 11 heteroatoms. The minimum Gasteiger partial charge on any atom is -0.258 e. The molecule has 0 radical (unpaired) electrons. The van der Waals surface area contributed by atoms with Crippen molar-refractivity contribution in [2.75, 3.05) is 0 Å². The first-order valence-electron chi connectivity index (χ1n) is 5.57. The summed E-state index contributed by atoms with van der Waals surface area (Å²) in [5, 5.41) is 11.7. The lowest BCUT2D eigenvalue weighted by Gasteiger charge is -2.06. The van der Waals surface area contributed by atoms with Crippen molar-refractivity contribution in [2.24, 2.45) is 0 Å². The molecule has 2 aromatic carbocycles. The highest BCUT2D eigenvalue weighted by atomic mass is 35.5. The molecule has 3 aromatic rings. The molecule has 0 amide bonds. The van der Waals surface area contributed by atoms with E-state index in [9.17, 15) is 10.1 Å². The molecule has 0 aliphatic carbocycles. The molecule has 0 fully saturated rings. The predicted octanol–water partition coefficient (Wildman–Crippen LogP) is 8.54. The highest BCUT2D eigenvalue weighted by Crippen LogP contribution is 2.55. The zero-order valence-corrected chi connectivity index (χ0v) is 16.4. The number of hydrogen-bond donors (Lipinski definition) is 0. The molecule has 0 saturated carbocycles. The average molecular weight is 470 g/mol. The first-order valence-corrected chi connectivity index (χ1v) is 9.03. The maximum absolute atomic E-state index is 11.2. The number of nitro groups is 1. The number of benzene rings is 2. The van der Waals surface area contributed by atoms with Gasteiger partial charge in [-0.05, 0) is 0 Å². The Morgan fingerprint density at radius 2 is 1.09 bits per heavy atom. The van der Waals surface area contributed by atoms with Crippen LogP contribution < -0.4 is 0 Å². The minimum absolute atomic E-state index is 0.0154. The van der Waals surface area contributed by atoms with E-state index in [0.717, 1.165) is 11.3 Å². The van der Waals surface area contributed by atoms with Gasteiger partial charge >= 0.3 is 5.69 Å². The number of nitrogens with zero attached hydrogens (tertiary/aromatic N) is 1. The highest BCUT2D eigenvalue weighted by Gasteiger charge is 2.30. The van der Waals surface area contributed by atoms with Crippen LogP contribution in [-0.2, 0) is 0 Å². The summed E-state index contributed by atoms with van der Waals surface area (Å²) >= 11 is 44.0. The third kappa shape index (κ3) is 2.47. The van der Waals surface area contributed by atoms with E-state index in [2.05, 4.69) is 0 Å². The van der Waals surface area contributed by atoms with Crippen LogP contribution in [0.5, 0.6) is 0 Å². The maximum atomic E-state index is 11.2. The van der Waals surface area contributed by atoms with Gasteiger partial charge in [-0.3, -0.25) is 10.1 Å². The van der Waals surface area contributed by atoms with Gasteiger partial charge in [0.15, 0.2) is 0 Å². The molecule has 3 rings (SSSR count). The third-order valence-corrected chi connectivity index (χ3v) is 7.58. The molecule has 0 saturated heterocycles. The first kappa shape index (κ1) is 17.9. The van der Waals surface area contributed by atoms with Gasteiger partial charge in [-0.15, -0.1) is 11.3 Å². The molecule has 0 bridgehead atoms. The van der Waals surface area contributed by atoms with Crippen LogP contribution >= 0.6 is 92.5 Å². The second kappa shape index (κ2) is 6.11. The van der Waals surface area contributed by atoms with E-state index < -0.39 is 10.6 Å². The second-order valence-corrected chi connectivity index (χ2v) is 7.98. The largest absolute Gasteiger partial charge is 0.308 e. The number of thiophene rings is 1. The Labute approximate surface area is 167 Å². The lowest BCUT2D eigenvalue weighted by atomic mass is 10.1. The summed E-state index contributed by atoms with van der Waals surface area (Å²) in [7, 11) is 0. The van der Waals surface area contributed by atoms with Gasteiger partial charge in [-0.1, -0.05) is 81.2 Å². The van der Waals surface area contributed by atoms with E-state index in [0.29, 0.717) is 14.8 Å². The quantitative estimate of drug-likeness (QED) is 0.155. The highest BCUT2D eigenvalue weighted by molar-refractivity contribution is 7.27. The summed E-state index contributed by atoms with van der Waals surface area (Å²) in [5.74, 6) is 0. The minimum atomic E-state index is -0.716. The summed E-state index contributed by atoms with van der Waals surface area (Å²) in [5.41, 5.74) is -0.510. The molecule has 0 spiro atoms. The molecular formula is C12Cl7NO2S. The van der Waals surface area contributed by atoms with Crippen molar-refractivity contribution in [3.63, 3.8) is 0 Å². The molecular weight excluding hydrogens is 470 g/mol. The predicted molar refractivity (Wildman–Crippen MR) is 101 cm³/mol. The zero-order valence-electron chi connectivity index (χ0n) is 10.3. The van der Waals surface area contributed by atoms with Crippen LogP contribution in [-0.4, -0.2) is 4.92 Å². The van der Waals surface area contributed by atoms with Crippen LogP contribution in [0.25, 0.3) is 20.2 Å². The standard InChI is InChI=1S/C12Cl7NO2S/c13-3-1-2-4(14)10(20(21)22)7(17)9(19)12(2)23-11(1)8(18)6(16)5(3)15. The molecule has 1 aromatic heterocycles. The monoisotopic (exact) mass is 467 g/mol. The van der Waals surface area contributed by atoms with Crippen LogP contribution in [0.1, 0.15) is 0 Å². The van der Waals surface area contributed by atoms with Gasteiger partial charge in [-0.25, -0.2) is 0 Å². The summed E-state index contributed by atoms with van der Waals surface area (Å²) in [6.07, 6.45) is 0. The van der Waals surface area contributed by atoms with Gasteiger partial charge in [0, 0.05) is 10.8 Å². The number of rotatable bonds is 1. The molecule has 23 heavy (non-hydrogen) atoms. The molecule has 0 aliphatic rings. The van der Waals surface area contributed by atoms with Crippen molar-refractivity contribution >= 4 is 118 Å². The number of halogens is 7. The molecule has 1 heterocycles. The topological polar surface area (TPSA) is 43.1 Å². The Bertz CT molecular complexity index is 1030. The summed E-state index contributed by atoms with van der Waals surface area (Å²) in [4.78, 5) is 10.5. The van der Waals surface area contributed by atoms with Crippen LogP contribution in [0.2, 0.25) is 35.2 Å². The van der Waals surface area contributed by atoms with Crippen molar-refractivity contribution in [2.45, 2.75) is 0 Å². The molecule has 0 N–H and O–H groups in total. The van der Waals surface area contributed by atoms with Crippen molar-refractivity contribution < 1.29 is 4.92 Å². The fourth-order valence-corrected chi connectivity index (χ4v) is 5.59. The molecule has 0 atom stereocenters. The van der Waals surface area contributed by atoms with Crippen molar-refractivity contribution in [3.05, 3.63) is 45.3 Å². The fraction of sp³-hybridized carbons (Fsp3) is 0. The van der Waals surface area contributed by atoms with E-state index in [1.54, 1.807) is 0 Å². The van der Waals surface area contributed by atoms with Crippen molar-refractivity contribution in [3.8, 4) is 0 Å². The number of nitro benzene ring substituents is 1. The Hall–Kier alpha value is 0.0900. The summed E-state index contributed by atoms with van der Waals surface area (Å²) in [6, 6.07) is 0. The average Bonchev–Trinajstić information content (AvgIpc) is 2.89. The normalized spacial score (nSPS) is 11.6. The maximum Gasteiger partial charge on any atom is 0.308 e. The van der Waals surface area contributed by atoms with Gasteiger partial charge in [0.2, 0.25) is 0 Å². The van der Waals surface area contributed by atoms with E-state index in [4.69, 9.17) is 81.2 Å². The molecule has 120 valence electrons. The van der Waals surface area contributed by atoms with Crippen LogP contribution in [0.15, 0.2) is 0 Å². The van der Waals surface area contributed by atoms with E-state index in [-0.39, 0.29) is 40.5 Å². The van der Waals surface area contributed by atoms with Crippen LogP contribution in [0.3, 0.4) is 0 Å².